The number of hydrogen-bond acceptors (Lipinski definition) is 4. The Morgan fingerprint density at radius 3 is 2.95 bits per heavy atom. The van der Waals surface area contributed by atoms with Crippen LogP contribution in [-0.2, 0) is 0 Å². The molecule has 2 aliphatic heterocycles. The van der Waals surface area contributed by atoms with E-state index in [1.54, 1.807) is 0 Å². The highest BCUT2D eigenvalue weighted by Gasteiger charge is 2.36. The lowest BCUT2D eigenvalue weighted by atomic mass is 9.86. The number of nitrogens with one attached hydrogen (secondary N) is 1. The van der Waals surface area contributed by atoms with E-state index in [4.69, 9.17) is 16.3 Å². The van der Waals surface area contributed by atoms with Gasteiger partial charge in [0.15, 0.2) is 0 Å². The number of fused-ring (bicyclic) bond motifs is 1. The second kappa shape index (κ2) is 5.85. The SMILES string of the molecule is CC(C)Oc1ccc(C2NN=C3CCN(C)CC32)cc1Cl. The maximum atomic E-state index is 6.36. The zero-order chi connectivity index (χ0) is 15.0. The van der Waals surface area contributed by atoms with E-state index >= 15 is 0 Å². The lowest BCUT2D eigenvalue weighted by Crippen LogP contribution is -2.39. The smallest absolute Gasteiger partial charge is 0.138 e. The molecule has 2 unspecified atom stereocenters. The first-order chi connectivity index (χ1) is 10.0. The largest absolute Gasteiger partial charge is 0.489 e. The maximum absolute atomic E-state index is 6.36. The lowest BCUT2D eigenvalue weighted by Gasteiger charge is -2.31. The van der Waals surface area contributed by atoms with Crippen molar-refractivity contribution in [3.05, 3.63) is 28.8 Å². The number of ether oxygens (including phenoxy) is 1. The maximum Gasteiger partial charge on any atom is 0.138 e. The van der Waals surface area contributed by atoms with Crippen molar-refractivity contribution in [2.75, 3.05) is 20.1 Å². The molecule has 2 atom stereocenters. The predicted molar refractivity (Wildman–Crippen MR) is 86.1 cm³/mol. The van der Waals surface area contributed by atoms with Crippen LogP contribution in [0.2, 0.25) is 5.02 Å². The van der Waals surface area contributed by atoms with E-state index in [-0.39, 0.29) is 12.1 Å². The van der Waals surface area contributed by atoms with Gasteiger partial charge in [-0.15, -0.1) is 0 Å². The second-order valence-corrected chi connectivity index (χ2v) is 6.59. The summed E-state index contributed by atoms with van der Waals surface area (Å²) in [6, 6.07) is 6.27. The van der Waals surface area contributed by atoms with E-state index in [1.165, 1.54) is 11.3 Å². The van der Waals surface area contributed by atoms with Crippen molar-refractivity contribution in [3.8, 4) is 5.75 Å². The van der Waals surface area contributed by atoms with Crippen molar-refractivity contribution in [3.63, 3.8) is 0 Å². The van der Waals surface area contributed by atoms with Crippen molar-refractivity contribution < 1.29 is 4.74 Å². The van der Waals surface area contributed by atoms with Gasteiger partial charge in [0, 0.05) is 31.1 Å². The Hall–Kier alpha value is -1.26. The molecule has 0 bridgehead atoms. The van der Waals surface area contributed by atoms with E-state index < -0.39 is 0 Å². The second-order valence-electron chi connectivity index (χ2n) is 6.19. The van der Waals surface area contributed by atoms with Crippen LogP contribution in [0.3, 0.4) is 0 Å². The number of halogens is 1. The first-order valence-electron chi connectivity index (χ1n) is 7.51. The average molecular weight is 308 g/mol. The molecule has 5 heteroatoms. The van der Waals surface area contributed by atoms with Gasteiger partial charge in [0.05, 0.1) is 17.2 Å². The quantitative estimate of drug-likeness (QED) is 0.932. The standard InChI is InChI=1S/C16H22ClN3O/c1-10(2)21-15-5-4-11(8-13(15)17)16-12-9-20(3)7-6-14(12)18-19-16/h4-5,8,10,12,16,19H,6-7,9H2,1-3H3. The van der Waals surface area contributed by atoms with Gasteiger partial charge >= 0.3 is 0 Å². The predicted octanol–water partition coefficient (Wildman–Crippen LogP) is 3.08. The molecule has 0 spiro atoms. The Morgan fingerprint density at radius 2 is 2.24 bits per heavy atom. The summed E-state index contributed by atoms with van der Waals surface area (Å²) in [6.07, 6.45) is 1.17. The summed E-state index contributed by atoms with van der Waals surface area (Å²) in [5, 5.41) is 5.18. The Labute approximate surface area is 131 Å². The van der Waals surface area contributed by atoms with Gasteiger partial charge < -0.3 is 15.1 Å². The van der Waals surface area contributed by atoms with Gasteiger partial charge in [-0.05, 0) is 38.6 Å². The summed E-state index contributed by atoms with van der Waals surface area (Å²) in [7, 11) is 2.17. The van der Waals surface area contributed by atoms with Crippen molar-refractivity contribution in [1.29, 1.82) is 0 Å². The van der Waals surface area contributed by atoms with Gasteiger partial charge in [0.25, 0.3) is 0 Å². The minimum atomic E-state index is 0.125. The van der Waals surface area contributed by atoms with Crippen LogP contribution in [0.15, 0.2) is 23.3 Å². The molecule has 0 radical (unpaired) electrons. The molecule has 1 saturated heterocycles. The summed E-state index contributed by atoms with van der Waals surface area (Å²) in [5.41, 5.74) is 5.75. The van der Waals surface area contributed by atoms with Crippen molar-refractivity contribution >= 4 is 17.3 Å². The minimum absolute atomic E-state index is 0.125. The zero-order valence-electron chi connectivity index (χ0n) is 12.8. The van der Waals surface area contributed by atoms with E-state index in [2.05, 4.69) is 28.5 Å². The van der Waals surface area contributed by atoms with Crippen LogP contribution in [0.4, 0.5) is 0 Å². The fourth-order valence-electron chi connectivity index (χ4n) is 3.07. The number of hydrogen-bond donors (Lipinski definition) is 1. The van der Waals surface area contributed by atoms with Crippen LogP contribution < -0.4 is 10.2 Å². The van der Waals surface area contributed by atoms with Gasteiger partial charge in [-0.25, -0.2) is 0 Å². The van der Waals surface area contributed by atoms with Gasteiger partial charge in [-0.3, -0.25) is 0 Å². The highest BCUT2D eigenvalue weighted by atomic mass is 35.5. The summed E-state index contributed by atoms with van der Waals surface area (Å²) >= 11 is 6.36. The monoisotopic (exact) mass is 307 g/mol. The third-order valence-electron chi connectivity index (χ3n) is 4.11. The molecular weight excluding hydrogens is 286 g/mol. The average Bonchev–Trinajstić information content (AvgIpc) is 2.83. The van der Waals surface area contributed by atoms with Crippen LogP contribution in [0, 0.1) is 5.92 Å². The van der Waals surface area contributed by atoms with Crippen LogP contribution in [0.25, 0.3) is 0 Å². The molecule has 0 aliphatic carbocycles. The zero-order valence-corrected chi connectivity index (χ0v) is 13.5. The number of rotatable bonds is 3. The van der Waals surface area contributed by atoms with E-state index in [9.17, 15) is 0 Å². The lowest BCUT2D eigenvalue weighted by molar-refractivity contribution is 0.242. The molecule has 1 N–H and O–H groups in total. The van der Waals surface area contributed by atoms with Crippen molar-refractivity contribution in [2.45, 2.75) is 32.4 Å². The molecule has 2 aliphatic rings. The topological polar surface area (TPSA) is 36.9 Å². The highest BCUT2D eigenvalue weighted by molar-refractivity contribution is 6.32. The number of piperidine rings is 1. The molecule has 4 nitrogen and oxygen atoms in total. The van der Waals surface area contributed by atoms with Gasteiger partial charge in [0.2, 0.25) is 0 Å². The third kappa shape index (κ3) is 3.01. The van der Waals surface area contributed by atoms with Crippen LogP contribution in [0.5, 0.6) is 5.75 Å². The van der Waals surface area contributed by atoms with Crippen LogP contribution in [0.1, 0.15) is 31.9 Å². The fourth-order valence-corrected chi connectivity index (χ4v) is 3.30. The van der Waals surface area contributed by atoms with Gasteiger partial charge in [-0.2, -0.15) is 5.10 Å². The number of nitrogens with zero attached hydrogens (tertiary/aromatic N) is 2. The summed E-state index contributed by atoms with van der Waals surface area (Å²) < 4.78 is 5.70. The highest BCUT2D eigenvalue weighted by Crippen LogP contribution is 2.35. The molecular formula is C16H22ClN3O. The van der Waals surface area contributed by atoms with E-state index in [0.29, 0.717) is 10.9 Å². The van der Waals surface area contributed by atoms with Gasteiger partial charge in [0.1, 0.15) is 5.75 Å². The third-order valence-corrected chi connectivity index (χ3v) is 4.41. The summed E-state index contributed by atoms with van der Waals surface area (Å²) in [4.78, 5) is 2.36. The van der Waals surface area contributed by atoms with Gasteiger partial charge in [-0.1, -0.05) is 17.7 Å². The van der Waals surface area contributed by atoms with Crippen LogP contribution in [-0.4, -0.2) is 36.9 Å². The fraction of sp³-hybridized carbons (Fsp3) is 0.562. The van der Waals surface area contributed by atoms with Crippen LogP contribution >= 0.6 is 11.6 Å². The Kier molecular flexibility index (Phi) is 4.09. The molecule has 21 heavy (non-hydrogen) atoms. The molecule has 114 valence electrons. The number of benzene rings is 1. The molecule has 1 aromatic carbocycles. The Balaban J connectivity index is 1.80. The Bertz CT molecular complexity index is 558. The minimum Gasteiger partial charge on any atom is -0.489 e. The van der Waals surface area contributed by atoms with Crippen molar-refractivity contribution in [1.82, 2.24) is 10.3 Å². The number of hydrazone groups is 1. The Morgan fingerprint density at radius 1 is 1.43 bits per heavy atom. The molecule has 2 heterocycles. The molecule has 1 fully saturated rings. The number of likely N-dealkylation sites (tertiary alicyclic amines) is 1. The van der Waals surface area contributed by atoms with E-state index in [1.807, 2.05) is 26.0 Å². The molecule has 1 aromatic rings. The molecule has 0 amide bonds. The summed E-state index contributed by atoms with van der Waals surface area (Å²) in [5.74, 6) is 1.19. The first kappa shape index (κ1) is 14.7. The normalized spacial score (nSPS) is 25.5. The van der Waals surface area contributed by atoms with Crippen molar-refractivity contribution in [2.24, 2.45) is 11.0 Å². The molecule has 0 aromatic heterocycles. The molecule has 0 saturated carbocycles. The summed E-state index contributed by atoms with van der Waals surface area (Å²) in [6.45, 7) is 6.13. The molecule has 3 rings (SSSR count). The van der Waals surface area contributed by atoms with E-state index in [0.717, 1.165) is 25.3 Å². The first-order valence-corrected chi connectivity index (χ1v) is 7.89.